The van der Waals surface area contributed by atoms with Gasteiger partial charge in [-0.1, -0.05) is 6.92 Å². The number of anilines is 1. The summed E-state index contributed by atoms with van der Waals surface area (Å²) in [5, 5.41) is 3.32. The van der Waals surface area contributed by atoms with Crippen LogP contribution in [0, 0.1) is 5.92 Å². The summed E-state index contributed by atoms with van der Waals surface area (Å²) in [7, 11) is 0. The monoisotopic (exact) mass is 280 g/mol. The fraction of sp³-hybridized carbons (Fsp3) is 0.667. The van der Waals surface area contributed by atoms with Gasteiger partial charge in [-0.2, -0.15) is 4.37 Å². The molecule has 1 saturated heterocycles. The van der Waals surface area contributed by atoms with Crippen molar-refractivity contribution in [2.45, 2.75) is 32.1 Å². The smallest absolute Gasteiger partial charge is 0.323 e. The van der Waals surface area contributed by atoms with E-state index in [9.17, 15) is 9.59 Å². The Balaban J connectivity index is 1.59. The van der Waals surface area contributed by atoms with Crippen LogP contribution in [0.15, 0.2) is 0 Å². The standard InChI is InChI=1S/C12H16N4O2S/c1-7-6-16(5-4-9(7)17)12(18)14-11-13-10(15-19-11)8-2-3-8/h7-8H,2-6H2,1H3,(H,13,14,15,18). The average molecular weight is 280 g/mol. The third kappa shape index (κ3) is 2.75. The van der Waals surface area contributed by atoms with Gasteiger partial charge >= 0.3 is 6.03 Å². The van der Waals surface area contributed by atoms with Gasteiger partial charge in [-0.25, -0.2) is 9.78 Å². The van der Waals surface area contributed by atoms with E-state index in [0.29, 0.717) is 30.6 Å². The Morgan fingerprint density at radius 3 is 2.95 bits per heavy atom. The van der Waals surface area contributed by atoms with Crippen molar-refractivity contribution in [3.05, 3.63) is 5.82 Å². The van der Waals surface area contributed by atoms with Gasteiger partial charge in [0.05, 0.1) is 0 Å². The molecule has 1 aromatic heterocycles. The number of likely N-dealkylation sites (tertiary alicyclic amines) is 1. The van der Waals surface area contributed by atoms with Gasteiger partial charge in [0.1, 0.15) is 11.6 Å². The molecule has 2 amide bonds. The fourth-order valence-corrected chi connectivity index (χ4v) is 2.80. The second-order valence-electron chi connectivity index (χ2n) is 5.23. The Morgan fingerprint density at radius 2 is 2.26 bits per heavy atom. The second-order valence-corrected chi connectivity index (χ2v) is 5.98. The first-order valence-electron chi connectivity index (χ1n) is 6.55. The molecular weight excluding hydrogens is 264 g/mol. The van der Waals surface area contributed by atoms with Gasteiger partial charge in [0.15, 0.2) is 0 Å². The summed E-state index contributed by atoms with van der Waals surface area (Å²) in [6, 6.07) is -0.183. The highest BCUT2D eigenvalue weighted by Crippen LogP contribution is 2.39. The van der Waals surface area contributed by atoms with Crippen molar-refractivity contribution in [1.29, 1.82) is 0 Å². The molecule has 0 spiro atoms. The normalized spacial score (nSPS) is 23.5. The molecule has 2 heterocycles. The van der Waals surface area contributed by atoms with E-state index in [2.05, 4.69) is 14.7 Å². The van der Waals surface area contributed by atoms with Crippen LogP contribution in [-0.2, 0) is 4.79 Å². The summed E-state index contributed by atoms with van der Waals surface area (Å²) in [6.45, 7) is 2.83. The number of hydrogen-bond donors (Lipinski definition) is 1. The van der Waals surface area contributed by atoms with Crippen molar-refractivity contribution < 1.29 is 9.59 Å². The zero-order valence-corrected chi connectivity index (χ0v) is 11.6. The summed E-state index contributed by atoms with van der Waals surface area (Å²) in [5.41, 5.74) is 0. The molecule has 0 aromatic carbocycles. The molecule has 1 unspecified atom stereocenters. The zero-order chi connectivity index (χ0) is 13.4. The van der Waals surface area contributed by atoms with Gasteiger partial charge < -0.3 is 4.90 Å². The first-order chi connectivity index (χ1) is 9.13. The summed E-state index contributed by atoms with van der Waals surface area (Å²) < 4.78 is 4.25. The molecule has 2 aliphatic rings. The second kappa shape index (κ2) is 4.88. The molecule has 102 valence electrons. The van der Waals surface area contributed by atoms with Crippen molar-refractivity contribution in [3.63, 3.8) is 0 Å². The number of piperidine rings is 1. The van der Waals surface area contributed by atoms with E-state index in [1.165, 1.54) is 11.5 Å². The SMILES string of the molecule is CC1CN(C(=O)Nc2nc(C3CC3)ns2)CCC1=O. The topological polar surface area (TPSA) is 75.2 Å². The zero-order valence-electron chi connectivity index (χ0n) is 10.8. The number of nitrogens with zero attached hydrogens (tertiary/aromatic N) is 3. The molecule has 2 fully saturated rings. The summed E-state index contributed by atoms with van der Waals surface area (Å²) in [6.07, 6.45) is 2.74. The number of hydrogen-bond acceptors (Lipinski definition) is 5. The van der Waals surface area contributed by atoms with Crippen LogP contribution in [-0.4, -0.2) is 39.2 Å². The van der Waals surface area contributed by atoms with Gasteiger partial charge in [0, 0.05) is 42.9 Å². The predicted octanol–water partition coefficient (Wildman–Crippen LogP) is 1.86. The van der Waals surface area contributed by atoms with E-state index in [-0.39, 0.29) is 17.7 Å². The van der Waals surface area contributed by atoms with E-state index < -0.39 is 0 Å². The summed E-state index contributed by atoms with van der Waals surface area (Å²) >= 11 is 1.22. The van der Waals surface area contributed by atoms with Gasteiger partial charge in [0.25, 0.3) is 0 Å². The Kier molecular flexibility index (Phi) is 3.22. The van der Waals surface area contributed by atoms with Gasteiger partial charge in [-0.15, -0.1) is 0 Å². The Bertz CT molecular complexity index is 512. The Hall–Kier alpha value is -1.50. The number of nitrogens with one attached hydrogen (secondary N) is 1. The number of Topliss-reactive ketones (excluding diaryl/α,β-unsaturated/α-hetero) is 1. The third-order valence-electron chi connectivity index (χ3n) is 3.56. The molecule has 1 atom stereocenters. The highest BCUT2D eigenvalue weighted by molar-refractivity contribution is 7.09. The molecule has 1 aliphatic carbocycles. The molecular formula is C12H16N4O2S. The first-order valence-corrected chi connectivity index (χ1v) is 7.33. The fourth-order valence-electron chi connectivity index (χ4n) is 2.16. The van der Waals surface area contributed by atoms with E-state index in [1.807, 2.05) is 6.92 Å². The van der Waals surface area contributed by atoms with Gasteiger partial charge in [-0.3, -0.25) is 10.1 Å². The van der Waals surface area contributed by atoms with Crippen molar-refractivity contribution in [2.24, 2.45) is 5.92 Å². The van der Waals surface area contributed by atoms with Gasteiger partial charge in [0.2, 0.25) is 5.13 Å². The lowest BCUT2D eigenvalue weighted by molar-refractivity contribution is -0.124. The number of urea groups is 1. The molecule has 19 heavy (non-hydrogen) atoms. The molecule has 0 bridgehead atoms. The van der Waals surface area contributed by atoms with Crippen molar-refractivity contribution in [3.8, 4) is 0 Å². The third-order valence-corrected chi connectivity index (χ3v) is 4.20. The van der Waals surface area contributed by atoms with Crippen LogP contribution in [0.2, 0.25) is 0 Å². The lowest BCUT2D eigenvalue weighted by Gasteiger charge is -2.29. The molecule has 7 heteroatoms. The maximum Gasteiger partial charge on any atom is 0.323 e. The van der Waals surface area contributed by atoms with Crippen LogP contribution in [0.25, 0.3) is 0 Å². The number of carbonyl (C=O) groups excluding carboxylic acids is 2. The van der Waals surface area contributed by atoms with Gasteiger partial charge in [-0.05, 0) is 12.8 Å². The Morgan fingerprint density at radius 1 is 1.47 bits per heavy atom. The van der Waals surface area contributed by atoms with Crippen LogP contribution in [0.5, 0.6) is 0 Å². The molecule has 1 aromatic rings. The Labute approximate surface area is 115 Å². The van der Waals surface area contributed by atoms with Crippen molar-refractivity contribution >= 4 is 28.5 Å². The van der Waals surface area contributed by atoms with Crippen molar-refractivity contribution in [1.82, 2.24) is 14.3 Å². The molecule has 1 N–H and O–H groups in total. The van der Waals surface area contributed by atoms with E-state index in [0.717, 1.165) is 18.7 Å². The van der Waals surface area contributed by atoms with Crippen LogP contribution in [0.3, 0.4) is 0 Å². The maximum absolute atomic E-state index is 12.1. The number of amides is 2. The summed E-state index contributed by atoms with van der Waals surface area (Å²) in [4.78, 5) is 29.5. The largest absolute Gasteiger partial charge is 0.323 e. The van der Waals surface area contributed by atoms with E-state index >= 15 is 0 Å². The van der Waals surface area contributed by atoms with Crippen LogP contribution in [0.4, 0.5) is 9.93 Å². The highest BCUT2D eigenvalue weighted by Gasteiger charge is 2.29. The summed E-state index contributed by atoms with van der Waals surface area (Å²) in [5.74, 6) is 1.50. The maximum atomic E-state index is 12.1. The quantitative estimate of drug-likeness (QED) is 0.897. The minimum Gasteiger partial charge on any atom is -0.323 e. The first kappa shape index (κ1) is 12.5. The lowest BCUT2D eigenvalue weighted by atomic mass is 9.99. The highest BCUT2D eigenvalue weighted by atomic mass is 32.1. The van der Waals surface area contributed by atoms with Crippen molar-refractivity contribution in [2.75, 3.05) is 18.4 Å². The molecule has 0 radical (unpaired) electrons. The molecule has 6 nitrogen and oxygen atoms in total. The lowest BCUT2D eigenvalue weighted by Crippen LogP contribution is -2.45. The predicted molar refractivity (Wildman–Crippen MR) is 71.3 cm³/mol. The average Bonchev–Trinajstić information content (AvgIpc) is 3.14. The number of ketones is 1. The number of rotatable bonds is 2. The minimum absolute atomic E-state index is 0.0732. The van der Waals surface area contributed by atoms with Crippen LogP contribution in [0.1, 0.15) is 37.9 Å². The van der Waals surface area contributed by atoms with Crippen LogP contribution >= 0.6 is 11.5 Å². The number of aromatic nitrogens is 2. The van der Waals surface area contributed by atoms with Crippen LogP contribution < -0.4 is 5.32 Å². The molecule has 1 aliphatic heterocycles. The minimum atomic E-state index is -0.183. The van der Waals surface area contributed by atoms with E-state index in [1.54, 1.807) is 4.90 Å². The van der Waals surface area contributed by atoms with E-state index in [4.69, 9.17) is 0 Å². The number of carbonyl (C=O) groups is 2. The molecule has 1 saturated carbocycles. The molecule has 3 rings (SSSR count).